The summed E-state index contributed by atoms with van der Waals surface area (Å²) in [5.41, 5.74) is 3.08. The van der Waals surface area contributed by atoms with Crippen LogP contribution in [-0.4, -0.2) is 9.55 Å². The molecule has 3 heteroatoms. The van der Waals surface area contributed by atoms with Crippen molar-refractivity contribution in [1.82, 2.24) is 9.55 Å². The quantitative estimate of drug-likeness (QED) is 0.559. The molecule has 1 aromatic heterocycles. The molecule has 4 aromatic rings. The second kappa shape index (κ2) is 5.54. The summed E-state index contributed by atoms with van der Waals surface area (Å²) in [5.74, 6) is 0. The molecular weight excluding hydrogens is 284 g/mol. The summed E-state index contributed by atoms with van der Waals surface area (Å²) in [4.78, 5) is 17.0. The van der Waals surface area contributed by atoms with Gasteiger partial charge in [0.1, 0.15) is 0 Å². The first-order chi connectivity index (χ1) is 11.3. The molecule has 0 bridgehead atoms. The van der Waals surface area contributed by atoms with Crippen molar-refractivity contribution in [2.45, 2.75) is 0 Å². The lowest BCUT2D eigenvalue weighted by molar-refractivity contribution is 0.963. The minimum absolute atomic E-state index is 0.270. The molecule has 0 spiro atoms. The number of nitrogens with zero attached hydrogens (tertiary/aromatic N) is 2. The summed E-state index contributed by atoms with van der Waals surface area (Å²) in [5, 5.41) is 0.960. The SMILES string of the molecule is O=c1nc(-c2ccccc2)c2ccccc2n1-c1ccccc1. The van der Waals surface area contributed by atoms with E-state index >= 15 is 0 Å². The summed E-state index contributed by atoms with van der Waals surface area (Å²) >= 11 is 0. The van der Waals surface area contributed by atoms with Crippen LogP contribution in [0.15, 0.2) is 89.7 Å². The van der Waals surface area contributed by atoms with Gasteiger partial charge in [-0.3, -0.25) is 4.57 Å². The van der Waals surface area contributed by atoms with Crippen molar-refractivity contribution >= 4 is 10.9 Å². The lowest BCUT2D eigenvalue weighted by Crippen LogP contribution is -2.22. The van der Waals surface area contributed by atoms with Crippen molar-refractivity contribution in [3.63, 3.8) is 0 Å². The van der Waals surface area contributed by atoms with Gasteiger partial charge >= 0.3 is 5.69 Å². The Balaban J connectivity index is 2.10. The van der Waals surface area contributed by atoms with Crippen molar-refractivity contribution in [3.05, 3.63) is 95.4 Å². The Morgan fingerprint density at radius 2 is 1.30 bits per heavy atom. The minimum atomic E-state index is -0.270. The summed E-state index contributed by atoms with van der Waals surface area (Å²) in [7, 11) is 0. The van der Waals surface area contributed by atoms with Gasteiger partial charge in [-0.05, 0) is 18.2 Å². The smallest absolute Gasteiger partial charge is 0.260 e. The van der Waals surface area contributed by atoms with Crippen LogP contribution in [0.25, 0.3) is 27.8 Å². The molecule has 0 N–H and O–H groups in total. The monoisotopic (exact) mass is 298 g/mol. The van der Waals surface area contributed by atoms with Gasteiger partial charge in [0.05, 0.1) is 16.9 Å². The van der Waals surface area contributed by atoms with E-state index in [9.17, 15) is 4.79 Å². The van der Waals surface area contributed by atoms with Gasteiger partial charge < -0.3 is 0 Å². The van der Waals surface area contributed by atoms with Crippen molar-refractivity contribution in [1.29, 1.82) is 0 Å². The molecule has 0 aliphatic heterocycles. The number of hydrogen-bond donors (Lipinski definition) is 0. The molecule has 0 atom stereocenters. The molecule has 0 fully saturated rings. The first kappa shape index (κ1) is 13.5. The van der Waals surface area contributed by atoms with Crippen molar-refractivity contribution in [2.24, 2.45) is 0 Å². The molecule has 3 aromatic carbocycles. The van der Waals surface area contributed by atoms with Crippen LogP contribution in [0.1, 0.15) is 0 Å². The number of benzene rings is 3. The van der Waals surface area contributed by atoms with Gasteiger partial charge in [-0.15, -0.1) is 0 Å². The molecule has 0 unspecified atom stereocenters. The lowest BCUT2D eigenvalue weighted by Gasteiger charge is -2.12. The first-order valence-electron chi connectivity index (χ1n) is 7.47. The standard InChI is InChI=1S/C20H14N2O/c23-20-21-19(15-9-3-1-4-10-15)17-13-7-8-14-18(17)22(20)16-11-5-2-6-12-16/h1-14H. The molecule has 3 nitrogen and oxygen atoms in total. The van der Waals surface area contributed by atoms with Crippen molar-refractivity contribution in [2.75, 3.05) is 0 Å². The molecule has 0 aliphatic carbocycles. The van der Waals surface area contributed by atoms with E-state index in [4.69, 9.17) is 0 Å². The van der Waals surface area contributed by atoms with E-state index in [1.165, 1.54) is 0 Å². The normalized spacial score (nSPS) is 10.8. The summed E-state index contributed by atoms with van der Waals surface area (Å²) in [6.45, 7) is 0. The van der Waals surface area contributed by atoms with Gasteiger partial charge in [0.15, 0.2) is 0 Å². The molecule has 0 aliphatic rings. The van der Waals surface area contributed by atoms with Gasteiger partial charge in [0.2, 0.25) is 0 Å². The average Bonchev–Trinajstić information content (AvgIpc) is 2.62. The van der Waals surface area contributed by atoms with Gasteiger partial charge in [0.25, 0.3) is 0 Å². The lowest BCUT2D eigenvalue weighted by atomic mass is 10.1. The number of rotatable bonds is 2. The number of hydrogen-bond acceptors (Lipinski definition) is 2. The third-order valence-corrected chi connectivity index (χ3v) is 3.86. The fraction of sp³-hybridized carbons (Fsp3) is 0. The predicted octanol–water partition coefficient (Wildman–Crippen LogP) is 4.05. The molecule has 0 amide bonds. The van der Waals surface area contributed by atoms with Gasteiger partial charge in [-0.25, -0.2) is 4.79 Å². The topological polar surface area (TPSA) is 34.9 Å². The first-order valence-corrected chi connectivity index (χ1v) is 7.47. The fourth-order valence-corrected chi connectivity index (χ4v) is 2.82. The molecule has 23 heavy (non-hydrogen) atoms. The van der Waals surface area contributed by atoms with E-state index in [0.717, 1.165) is 27.8 Å². The maximum Gasteiger partial charge on any atom is 0.353 e. The Bertz CT molecular complexity index is 1020. The second-order valence-corrected chi connectivity index (χ2v) is 5.30. The molecule has 0 saturated heterocycles. The van der Waals surface area contributed by atoms with Gasteiger partial charge in [0, 0.05) is 10.9 Å². The zero-order valence-electron chi connectivity index (χ0n) is 12.4. The van der Waals surface area contributed by atoms with Crippen LogP contribution >= 0.6 is 0 Å². The third-order valence-electron chi connectivity index (χ3n) is 3.86. The summed E-state index contributed by atoms with van der Waals surface area (Å²) in [6.07, 6.45) is 0. The Morgan fingerprint density at radius 3 is 2.04 bits per heavy atom. The highest BCUT2D eigenvalue weighted by Gasteiger charge is 2.12. The predicted molar refractivity (Wildman–Crippen MR) is 92.8 cm³/mol. The fourth-order valence-electron chi connectivity index (χ4n) is 2.82. The molecule has 4 rings (SSSR count). The average molecular weight is 298 g/mol. The minimum Gasteiger partial charge on any atom is -0.260 e. The highest BCUT2D eigenvalue weighted by atomic mass is 16.1. The van der Waals surface area contributed by atoms with E-state index in [2.05, 4.69) is 4.98 Å². The van der Waals surface area contributed by atoms with Crippen LogP contribution in [0.2, 0.25) is 0 Å². The Labute approximate surface area is 133 Å². The van der Waals surface area contributed by atoms with Gasteiger partial charge in [-0.1, -0.05) is 66.7 Å². The van der Waals surface area contributed by atoms with Crippen LogP contribution in [-0.2, 0) is 0 Å². The molecular formula is C20H14N2O. The number of aromatic nitrogens is 2. The number of fused-ring (bicyclic) bond motifs is 1. The van der Waals surface area contributed by atoms with Crippen LogP contribution in [0.4, 0.5) is 0 Å². The zero-order chi connectivity index (χ0) is 15.6. The van der Waals surface area contributed by atoms with E-state index < -0.39 is 0 Å². The molecule has 1 heterocycles. The van der Waals surface area contributed by atoms with Crippen molar-refractivity contribution in [3.8, 4) is 16.9 Å². The van der Waals surface area contributed by atoms with Crippen LogP contribution < -0.4 is 5.69 Å². The van der Waals surface area contributed by atoms with E-state index in [1.807, 2.05) is 84.9 Å². The highest BCUT2D eigenvalue weighted by molar-refractivity contribution is 5.93. The maximum absolute atomic E-state index is 12.7. The number of para-hydroxylation sites is 2. The Hall–Kier alpha value is -3.20. The van der Waals surface area contributed by atoms with Gasteiger partial charge in [-0.2, -0.15) is 4.98 Å². The van der Waals surface area contributed by atoms with Crippen LogP contribution in [0.3, 0.4) is 0 Å². The summed E-state index contributed by atoms with van der Waals surface area (Å²) < 4.78 is 1.65. The van der Waals surface area contributed by atoms with E-state index in [0.29, 0.717) is 0 Å². The zero-order valence-corrected chi connectivity index (χ0v) is 12.4. The molecule has 0 saturated carbocycles. The van der Waals surface area contributed by atoms with Crippen LogP contribution in [0, 0.1) is 0 Å². The van der Waals surface area contributed by atoms with E-state index in [-0.39, 0.29) is 5.69 Å². The van der Waals surface area contributed by atoms with Crippen molar-refractivity contribution < 1.29 is 0 Å². The largest absolute Gasteiger partial charge is 0.353 e. The third kappa shape index (κ3) is 2.32. The highest BCUT2D eigenvalue weighted by Crippen LogP contribution is 2.26. The molecule has 110 valence electrons. The maximum atomic E-state index is 12.7. The molecule has 0 radical (unpaired) electrons. The summed E-state index contributed by atoms with van der Waals surface area (Å²) in [6, 6.07) is 27.3. The van der Waals surface area contributed by atoms with E-state index in [1.54, 1.807) is 4.57 Å². The van der Waals surface area contributed by atoms with Crippen LogP contribution in [0.5, 0.6) is 0 Å². The Kier molecular flexibility index (Phi) is 3.24. The second-order valence-electron chi connectivity index (χ2n) is 5.30. The Morgan fingerprint density at radius 1 is 0.696 bits per heavy atom.